The summed E-state index contributed by atoms with van der Waals surface area (Å²) in [5.41, 5.74) is 6.66. The number of carboxylic acid groups (broad SMARTS) is 1. The summed E-state index contributed by atoms with van der Waals surface area (Å²) in [6.45, 7) is 0.117. The molecule has 0 spiro atoms. The van der Waals surface area contributed by atoms with E-state index in [1.54, 1.807) is 6.20 Å². The van der Waals surface area contributed by atoms with Gasteiger partial charge in [-0.05, 0) is 0 Å². The van der Waals surface area contributed by atoms with Crippen LogP contribution in [0.15, 0.2) is 23.3 Å². The molecule has 1 fully saturated rings. The highest BCUT2D eigenvalue weighted by atomic mass is 32.1. The average Bonchev–Trinajstić information content (AvgIpc) is 3.35. The standard InChI is InChI=1S/C11H12F2N6OS.C2HF3O2/c12-11(13,9-5-21-6-15-9)10(20)18-3-7(14)8(4-18)19-2-1-16-17-19;3-2(4,5)1(6)7/h1-2,5-8H,3-4,14H2;(H,6,7)/t7-,8+;/m1./s1. The summed E-state index contributed by atoms with van der Waals surface area (Å²) in [5, 5.41) is 15.8. The number of hydrogen-bond donors (Lipinski definition) is 2. The van der Waals surface area contributed by atoms with Crippen molar-refractivity contribution < 1.29 is 36.6 Å². The van der Waals surface area contributed by atoms with Crippen molar-refractivity contribution in [1.82, 2.24) is 24.9 Å². The number of aromatic nitrogens is 4. The Bertz CT molecular complexity index is 798. The monoisotopic (exact) mass is 428 g/mol. The number of rotatable bonds is 3. The van der Waals surface area contributed by atoms with Crippen molar-refractivity contribution in [3.63, 3.8) is 0 Å². The quantitative estimate of drug-likeness (QED) is 0.695. The molecule has 15 heteroatoms. The normalized spacial score (nSPS) is 19.9. The van der Waals surface area contributed by atoms with Gasteiger partial charge < -0.3 is 15.7 Å². The third kappa shape index (κ3) is 4.78. The van der Waals surface area contributed by atoms with E-state index in [0.717, 1.165) is 16.2 Å². The number of likely N-dealkylation sites (tertiary alicyclic amines) is 1. The molecule has 0 aliphatic carbocycles. The van der Waals surface area contributed by atoms with Gasteiger partial charge in [-0.1, -0.05) is 5.21 Å². The Hall–Kier alpha value is -2.68. The molecule has 1 aliphatic rings. The lowest BCUT2D eigenvalue weighted by Crippen LogP contribution is -2.41. The lowest BCUT2D eigenvalue weighted by molar-refractivity contribution is -0.192. The molecule has 3 rings (SSSR count). The Balaban J connectivity index is 0.000000345. The van der Waals surface area contributed by atoms with Gasteiger partial charge in [-0.25, -0.2) is 14.5 Å². The minimum absolute atomic E-state index is 0.0447. The van der Waals surface area contributed by atoms with Crippen molar-refractivity contribution in [3.05, 3.63) is 29.0 Å². The summed E-state index contributed by atoms with van der Waals surface area (Å²) in [6.07, 6.45) is -2.02. The van der Waals surface area contributed by atoms with Crippen LogP contribution in [0.5, 0.6) is 0 Å². The Labute approximate surface area is 157 Å². The van der Waals surface area contributed by atoms with E-state index in [-0.39, 0.29) is 19.1 Å². The van der Waals surface area contributed by atoms with E-state index in [4.69, 9.17) is 15.6 Å². The van der Waals surface area contributed by atoms with E-state index in [9.17, 15) is 26.7 Å². The first-order valence-electron chi connectivity index (χ1n) is 7.42. The Morgan fingerprint density at radius 3 is 2.36 bits per heavy atom. The lowest BCUT2D eigenvalue weighted by atomic mass is 10.2. The smallest absolute Gasteiger partial charge is 0.475 e. The lowest BCUT2D eigenvalue weighted by Gasteiger charge is -2.21. The van der Waals surface area contributed by atoms with E-state index in [2.05, 4.69) is 15.3 Å². The van der Waals surface area contributed by atoms with Crippen molar-refractivity contribution in [2.45, 2.75) is 24.2 Å². The van der Waals surface area contributed by atoms with Crippen LogP contribution in [0.1, 0.15) is 11.7 Å². The highest BCUT2D eigenvalue weighted by Gasteiger charge is 2.49. The molecule has 2 aromatic rings. The maximum Gasteiger partial charge on any atom is 0.490 e. The summed E-state index contributed by atoms with van der Waals surface area (Å²) < 4.78 is 61.4. The van der Waals surface area contributed by atoms with Gasteiger partial charge in [-0.2, -0.15) is 22.0 Å². The van der Waals surface area contributed by atoms with Gasteiger partial charge in [0, 0.05) is 30.7 Å². The SMILES string of the molecule is N[C@@H]1CN(C(=O)C(F)(F)c2cscn2)C[C@@H]1n1ccnn1.O=C(O)C(F)(F)F. The maximum atomic E-state index is 14.1. The van der Waals surface area contributed by atoms with Crippen LogP contribution in [0, 0.1) is 0 Å². The van der Waals surface area contributed by atoms with Crippen LogP contribution in [0.3, 0.4) is 0 Å². The molecule has 0 bridgehead atoms. The fraction of sp³-hybridized carbons (Fsp3) is 0.462. The fourth-order valence-corrected chi connectivity index (χ4v) is 2.90. The summed E-state index contributed by atoms with van der Waals surface area (Å²) >= 11 is 1.02. The highest BCUT2D eigenvalue weighted by molar-refractivity contribution is 7.07. The number of carboxylic acids is 1. The number of nitrogens with two attached hydrogens (primary N) is 1. The van der Waals surface area contributed by atoms with E-state index >= 15 is 0 Å². The second-order valence-electron chi connectivity index (χ2n) is 5.58. The van der Waals surface area contributed by atoms with Crippen LogP contribution in [-0.2, 0) is 15.5 Å². The molecular formula is C13H13F5N6O3S. The van der Waals surface area contributed by atoms with Gasteiger partial charge in [0.05, 0.1) is 17.7 Å². The van der Waals surface area contributed by atoms with Crippen LogP contribution in [0.25, 0.3) is 0 Å². The first-order valence-corrected chi connectivity index (χ1v) is 8.36. The summed E-state index contributed by atoms with van der Waals surface area (Å²) in [6, 6.07) is -0.829. The summed E-state index contributed by atoms with van der Waals surface area (Å²) in [4.78, 5) is 25.5. The zero-order valence-electron chi connectivity index (χ0n) is 13.8. The zero-order valence-corrected chi connectivity index (χ0v) is 14.6. The second-order valence-corrected chi connectivity index (χ2v) is 6.29. The van der Waals surface area contributed by atoms with Crippen LogP contribution in [0.2, 0.25) is 0 Å². The molecule has 1 amide bonds. The van der Waals surface area contributed by atoms with Crippen molar-refractivity contribution in [3.8, 4) is 0 Å². The molecule has 154 valence electrons. The van der Waals surface area contributed by atoms with Gasteiger partial charge in [-0.3, -0.25) is 4.79 Å². The van der Waals surface area contributed by atoms with E-state index < -0.39 is 35.7 Å². The van der Waals surface area contributed by atoms with Crippen LogP contribution in [0.4, 0.5) is 22.0 Å². The fourth-order valence-electron chi connectivity index (χ4n) is 2.33. The van der Waals surface area contributed by atoms with Gasteiger partial charge in [-0.15, -0.1) is 16.4 Å². The molecule has 2 atom stereocenters. The van der Waals surface area contributed by atoms with Gasteiger partial charge >= 0.3 is 18.1 Å². The Kier molecular flexibility index (Phi) is 6.28. The number of nitrogens with zero attached hydrogens (tertiary/aromatic N) is 5. The number of aliphatic carboxylic acids is 1. The van der Waals surface area contributed by atoms with Crippen molar-refractivity contribution in [2.75, 3.05) is 13.1 Å². The molecular weight excluding hydrogens is 415 g/mol. The van der Waals surface area contributed by atoms with Gasteiger partial charge in [0.15, 0.2) is 0 Å². The average molecular weight is 428 g/mol. The molecule has 1 saturated heterocycles. The van der Waals surface area contributed by atoms with Crippen LogP contribution < -0.4 is 5.73 Å². The van der Waals surface area contributed by atoms with Crippen LogP contribution >= 0.6 is 11.3 Å². The maximum absolute atomic E-state index is 14.1. The third-order valence-electron chi connectivity index (χ3n) is 3.67. The number of carbonyl (C=O) groups excluding carboxylic acids is 1. The predicted octanol–water partition coefficient (Wildman–Crippen LogP) is 0.870. The molecule has 3 heterocycles. The van der Waals surface area contributed by atoms with Gasteiger partial charge in [0.1, 0.15) is 5.69 Å². The molecule has 0 radical (unpaired) electrons. The molecule has 0 saturated carbocycles. The van der Waals surface area contributed by atoms with Gasteiger partial charge in [0.25, 0.3) is 5.91 Å². The minimum Gasteiger partial charge on any atom is -0.475 e. The topological polar surface area (TPSA) is 127 Å². The predicted molar refractivity (Wildman–Crippen MR) is 83.3 cm³/mol. The molecule has 0 aromatic carbocycles. The molecule has 0 unspecified atom stereocenters. The van der Waals surface area contributed by atoms with Gasteiger partial charge in [0.2, 0.25) is 0 Å². The van der Waals surface area contributed by atoms with Crippen molar-refractivity contribution >= 4 is 23.2 Å². The number of alkyl halides is 5. The number of hydrogen-bond acceptors (Lipinski definition) is 7. The number of carbonyl (C=O) groups is 2. The minimum atomic E-state index is -5.08. The number of halogens is 5. The Morgan fingerprint density at radius 2 is 1.89 bits per heavy atom. The second kappa shape index (κ2) is 8.14. The molecule has 28 heavy (non-hydrogen) atoms. The van der Waals surface area contributed by atoms with E-state index in [1.807, 2.05) is 0 Å². The number of thiazole rings is 1. The zero-order chi connectivity index (χ0) is 21.1. The summed E-state index contributed by atoms with van der Waals surface area (Å²) in [5.74, 6) is -7.68. The largest absolute Gasteiger partial charge is 0.490 e. The molecule has 9 nitrogen and oxygen atoms in total. The summed E-state index contributed by atoms with van der Waals surface area (Å²) in [7, 11) is 0. The van der Waals surface area contributed by atoms with E-state index in [0.29, 0.717) is 0 Å². The number of amides is 1. The molecule has 1 aliphatic heterocycles. The molecule has 3 N–H and O–H groups in total. The third-order valence-corrected chi connectivity index (χ3v) is 4.25. The first-order chi connectivity index (χ1) is 12.9. The highest BCUT2D eigenvalue weighted by Crippen LogP contribution is 2.32. The van der Waals surface area contributed by atoms with Crippen molar-refractivity contribution in [1.29, 1.82) is 0 Å². The van der Waals surface area contributed by atoms with E-state index in [1.165, 1.54) is 21.8 Å². The molecule has 2 aromatic heterocycles. The first kappa shape index (κ1) is 21.6. The van der Waals surface area contributed by atoms with Crippen molar-refractivity contribution in [2.24, 2.45) is 5.73 Å². The van der Waals surface area contributed by atoms with Crippen LogP contribution in [-0.4, -0.2) is 67.2 Å². The Morgan fingerprint density at radius 1 is 1.25 bits per heavy atom.